The number of hydrogen-bond donors (Lipinski definition) is 0. The second-order valence-corrected chi connectivity index (χ2v) is 4.39. The van der Waals surface area contributed by atoms with E-state index in [1.165, 1.54) is 25.6 Å². The largest absolute Gasteiger partial charge is 0.465 e. The molecule has 5 heteroatoms. The monoisotopic (exact) mass is 250 g/mol. The van der Waals surface area contributed by atoms with Gasteiger partial charge in [0.2, 0.25) is 0 Å². The van der Waals surface area contributed by atoms with Crippen LogP contribution in [0, 0.1) is 0 Å². The van der Waals surface area contributed by atoms with Gasteiger partial charge in [-0.2, -0.15) is 0 Å². The molecule has 0 aliphatic carbocycles. The van der Waals surface area contributed by atoms with Crippen molar-refractivity contribution in [3.63, 3.8) is 0 Å². The lowest BCUT2D eigenvalue weighted by atomic mass is 10.1. The van der Waals surface area contributed by atoms with E-state index in [0.717, 1.165) is 4.70 Å². The minimum Gasteiger partial charge on any atom is -0.465 e. The number of esters is 2. The van der Waals surface area contributed by atoms with Gasteiger partial charge >= 0.3 is 11.9 Å². The normalized spacial score (nSPS) is 10.2. The summed E-state index contributed by atoms with van der Waals surface area (Å²) in [6.45, 7) is 0. The molecular formula is C12H10O4S. The third-order valence-electron chi connectivity index (χ3n) is 2.35. The lowest BCUT2D eigenvalue weighted by Gasteiger charge is -1.99. The highest BCUT2D eigenvalue weighted by atomic mass is 32.1. The average molecular weight is 250 g/mol. The SMILES string of the molecule is COC(=O)c1cc2c(C(=O)OC)cccc2s1. The number of fused-ring (bicyclic) bond motifs is 1. The average Bonchev–Trinajstić information content (AvgIpc) is 2.80. The van der Waals surface area contributed by atoms with E-state index in [9.17, 15) is 9.59 Å². The number of thiophene rings is 1. The van der Waals surface area contributed by atoms with E-state index in [0.29, 0.717) is 15.8 Å². The van der Waals surface area contributed by atoms with Gasteiger partial charge in [0.25, 0.3) is 0 Å². The number of rotatable bonds is 2. The smallest absolute Gasteiger partial charge is 0.348 e. The maximum absolute atomic E-state index is 11.5. The van der Waals surface area contributed by atoms with Gasteiger partial charge in [0.15, 0.2) is 0 Å². The van der Waals surface area contributed by atoms with E-state index < -0.39 is 11.9 Å². The molecule has 0 bridgehead atoms. The van der Waals surface area contributed by atoms with Crippen LogP contribution < -0.4 is 0 Å². The van der Waals surface area contributed by atoms with Gasteiger partial charge < -0.3 is 9.47 Å². The zero-order valence-corrected chi connectivity index (χ0v) is 10.2. The summed E-state index contributed by atoms with van der Waals surface area (Å²) in [6, 6.07) is 6.92. The molecule has 0 saturated heterocycles. The Morgan fingerprint density at radius 3 is 2.47 bits per heavy atom. The molecule has 0 saturated carbocycles. The van der Waals surface area contributed by atoms with E-state index in [2.05, 4.69) is 9.47 Å². The highest BCUT2D eigenvalue weighted by Gasteiger charge is 2.15. The fraction of sp³-hybridized carbons (Fsp3) is 0.167. The van der Waals surface area contributed by atoms with E-state index in [1.807, 2.05) is 6.07 Å². The van der Waals surface area contributed by atoms with Gasteiger partial charge in [-0.3, -0.25) is 0 Å². The van der Waals surface area contributed by atoms with Crippen LogP contribution in [0.25, 0.3) is 10.1 Å². The number of ether oxygens (including phenoxy) is 2. The third-order valence-corrected chi connectivity index (χ3v) is 3.43. The van der Waals surface area contributed by atoms with E-state index in [1.54, 1.807) is 18.2 Å². The Hall–Kier alpha value is -1.88. The third kappa shape index (κ3) is 2.01. The van der Waals surface area contributed by atoms with Crippen molar-refractivity contribution in [2.75, 3.05) is 14.2 Å². The Balaban J connectivity index is 2.60. The van der Waals surface area contributed by atoms with Crippen molar-refractivity contribution in [1.82, 2.24) is 0 Å². The summed E-state index contributed by atoms with van der Waals surface area (Å²) in [7, 11) is 2.66. The van der Waals surface area contributed by atoms with Crippen LogP contribution >= 0.6 is 11.3 Å². The Bertz CT molecular complexity index is 585. The van der Waals surface area contributed by atoms with Crippen LogP contribution in [0.15, 0.2) is 24.3 Å². The topological polar surface area (TPSA) is 52.6 Å². The van der Waals surface area contributed by atoms with Crippen molar-refractivity contribution in [1.29, 1.82) is 0 Å². The minimum absolute atomic E-state index is 0.401. The number of carbonyl (C=O) groups excluding carboxylic acids is 2. The standard InChI is InChI=1S/C12H10O4S/c1-15-11(13)7-4-3-5-9-8(7)6-10(17-9)12(14)16-2/h3-6H,1-2H3. The van der Waals surface area contributed by atoms with E-state index >= 15 is 0 Å². The van der Waals surface area contributed by atoms with E-state index in [-0.39, 0.29) is 0 Å². The molecule has 2 rings (SSSR count). The van der Waals surface area contributed by atoms with Crippen LogP contribution in [-0.2, 0) is 9.47 Å². The number of methoxy groups -OCH3 is 2. The Morgan fingerprint density at radius 2 is 1.82 bits per heavy atom. The molecule has 0 aliphatic rings. The van der Waals surface area contributed by atoms with Gasteiger partial charge in [0.1, 0.15) is 4.88 Å². The first-order valence-corrected chi connectivity index (χ1v) is 5.68. The molecule has 0 fully saturated rings. The van der Waals surface area contributed by atoms with Gasteiger partial charge in [-0.15, -0.1) is 11.3 Å². The fourth-order valence-electron chi connectivity index (χ4n) is 1.55. The highest BCUT2D eigenvalue weighted by Crippen LogP contribution is 2.29. The molecule has 1 heterocycles. The summed E-state index contributed by atoms with van der Waals surface area (Å²) >= 11 is 1.29. The van der Waals surface area contributed by atoms with Gasteiger partial charge in [-0.25, -0.2) is 9.59 Å². The Labute approximate surface area is 102 Å². The van der Waals surface area contributed by atoms with Crippen molar-refractivity contribution >= 4 is 33.4 Å². The van der Waals surface area contributed by atoms with Crippen molar-refractivity contribution in [3.05, 3.63) is 34.7 Å². The minimum atomic E-state index is -0.412. The predicted octanol–water partition coefficient (Wildman–Crippen LogP) is 2.47. The van der Waals surface area contributed by atoms with Crippen LogP contribution in [0.5, 0.6) is 0 Å². The first-order chi connectivity index (χ1) is 8.17. The molecule has 1 aromatic heterocycles. The summed E-state index contributed by atoms with van der Waals surface area (Å²) in [5.41, 5.74) is 0.455. The number of benzene rings is 1. The molecule has 1 aromatic carbocycles. The summed E-state index contributed by atoms with van der Waals surface area (Å²) in [6.07, 6.45) is 0. The predicted molar refractivity (Wildman–Crippen MR) is 64.5 cm³/mol. The molecule has 4 nitrogen and oxygen atoms in total. The van der Waals surface area contributed by atoms with Crippen LogP contribution in [0.4, 0.5) is 0 Å². The van der Waals surface area contributed by atoms with Crippen LogP contribution in [0.3, 0.4) is 0 Å². The summed E-state index contributed by atoms with van der Waals surface area (Å²) < 4.78 is 10.2. The summed E-state index contributed by atoms with van der Waals surface area (Å²) in [4.78, 5) is 23.4. The first-order valence-electron chi connectivity index (χ1n) is 4.86. The van der Waals surface area contributed by atoms with Crippen molar-refractivity contribution in [3.8, 4) is 0 Å². The van der Waals surface area contributed by atoms with Crippen LogP contribution in [-0.4, -0.2) is 26.2 Å². The van der Waals surface area contributed by atoms with Crippen molar-refractivity contribution in [2.24, 2.45) is 0 Å². The lowest BCUT2D eigenvalue weighted by Crippen LogP contribution is -2.01. The first kappa shape index (κ1) is 11.6. The molecule has 0 radical (unpaired) electrons. The Morgan fingerprint density at radius 1 is 1.12 bits per heavy atom. The number of carbonyl (C=O) groups is 2. The Kier molecular flexibility index (Phi) is 3.10. The van der Waals surface area contributed by atoms with Gasteiger partial charge in [0, 0.05) is 10.1 Å². The molecule has 0 N–H and O–H groups in total. The second-order valence-electron chi connectivity index (χ2n) is 3.31. The molecule has 0 amide bonds. The molecule has 0 aliphatic heterocycles. The zero-order valence-electron chi connectivity index (χ0n) is 9.35. The zero-order chi connectivity index (χ0) is 12.4. The van der Waals surface area contributed by atoms with Crippen LogP contribution in [0.1, 0.15) is 20.0 Å². The lowest BCUT2D eigenvalue weighted by molar-refractivity contribution is 0.0594. The van der Waals surface area contributed by atoms with Crippen molar-refractivity contribution in [2.45, 2.75) is 0 Å². The van der Waals surface area contributed by atoms with Gasteiger partial charge in [0.05, 0.1) is 19.8 Å². The van der Waals surface area contributed by atoms with Crippen LogP contribution in [0.2, 0.25) is 0 Å². The maximum atomic E-state index is 11.5. The molecule has 88 valence electrons. The quantitative estimate of drug-likeness (QED) is 0.768. The summed E-state index contributed by atoms with van der Waals surface area (Å²) in [5, 5.41) is 0.713. The molecule has 0 spiro atoms. The highest BCUT2D eigenvalue weighted by molar-refractivity contribution is 7.20. The maximum Gasteiger partial charge on any atom is 0.348 e. The van der Waals surface area contributed by atoms with Gasteiger partial charge in [-0.1, -0.05) is 6.07 Å². The molecule has 2 aromatic rings. The molecular weight excluding hydrogens is 240 g/mol. The summed E-state index contributed by atoms with van der Waals surface area (Å²) in [5.74, 6) is -0.813. The van der Waals surface area contributed by atoms with E-state index in [4.69, 9.17) is 0 Å². The molecule has 0 atom stereocenters. The van der Waals surface area contributed by atoms with Gasteiger partial charge in [-0.05, 0) is 18.2 Å². The molecule has 0 unspecified atom stereocenters. The van der Waals surface area contributed by atoms with Crippen molar-refractivity contribution < 1.29 is 19.1 Å². The number of hydrogen-bond acceptors (Lipinski definition) is 5. The second kappa shape index (κ2) is 4.55. The fourth-order valence-corrected chi connectivity index (χ4v) is 2.56. The molecule has 17 heavy (non-hydrogen) atoms.